The molecule has 0 aliphatic carbocycles. The summed E-state index contributed by atoms with van der Waals surface area (Å²) in [6.45, 7) is 5.15. The molecule has 19 heavy (non-hydrogen) atoms. The van der Waals surface area contributed by atoms with E-state index in [2.05, 4.69) is 36.2 Å². The molecule has 1 aromatic carbocycles. The molecule has 0 saturated heterocycles. The first kappa shape index (κ1) is 13.7. The molecule has 1 unspecified atom stereocenters. The highest BCUT2D eigenvalue weighted by Crippen LogP contribution is 2.17. The number of para-hydroxylation sites is 1. The quantitative estimate of drug-likeness (QED) is 0.865. The van der Waals surface area contributed by atoms with Crippen LogP contribution in [-0.2, 0) is 6.42 Å². The van der Waals surface area contributed by atoms with Crippen LogP contribution in [0.2, 0.25) is 0 Å². The van der Waals surface area contributed by atoms with Crippen molar-refractivity contribution in [2.24, 2.45) is 17.6 Å². The maximum atomic E-state index is 5.87. The molecule has 0 radical (unpaired) electrons. The van der Waals surface area contributed by atoms with Crippen LogP contribution in [-0.4, -0.2) is 21.3 Å². The molecule has 0 amide bonds. The molecular formula is C15H22N4. The highest BCUT2D eigenvalue weighted by molar-refractivity contribution is 5.32. The lowest BCUT2D eigenvalue weighted by Crippen LogP contribution is -2.20. The van der Waals surface area contributed by atoms with E-state index in [1.165, 1.54) is 0 Å². The Hall–Kier alpha value is -1.68. The summed E-state index contributed by atoms with van der Waals surface area (Å²) in [5.74, 6) is 2.11. The van der Waals surface area contributed by atoms with Gasteiger partial charge in [-0.15, -0.1) is 10.2 Å². The fourth-order valence-electron chi connectivity index (χ4n) is 2.39. The van der Waals surface area contributed by atoms with Gasteiger partial charge < -0.3 is 5.73 Å². The molecule has 1 atom stereocenters. The van der Waals surface area contributed by atoms with Gasteiger partial charge >= 0.3 is 0 Å². The summed E-state index contributed by atoms with van der Waals surface area (Å²) < 4.78 is 2.04. The smallest absolute Gasteiger partial charge is 0.137 e. The second-order valence-electron chi connectivity index (χ2n) is 5.39. The fourth-order valence-corrected chi connectivity index (χ4v) is 2.39. The van der Waals surface area contributed by atoms with Crippen molar-refractivity contribution in [3.05, 3.63) is 42.5 Å². The van der Waals surface area contributed by atoms with Gasteiger partial charge in [-0.05, 0) is 36.9 Å². The molecule has 4 heteroatoms. The molecule has 0 aliphatic rings. The van der Waals surface area contributed by atoms with E-state index in [-0.39, 0.29) is 0 Å². The maximum Gasteiger partial charge on any atom is 0.137 e. The zero-order valence-electron chi connectivity index (χ0n) is 11.7. The standard InChI is InChI=1S/C15H22N4/c1-12(2)8-13(10-16)9-15-18-17-11-19(15)14-6-4-3-5-7-14/h3-7,11-13H,8-10,16H2,1-2H3. The first-order valence-electron chi connectivity index (χ1n) is 6.85. The van der Waals surface area contributed by atoms with E-state index in [0.717, 1.165) is 24.4 Å². The van der Waals surface area contributed by atoms with Crippen LogP contribution in [0.5, 0.6) is 0 Å². The van der Waals surface area contributed by atoms with Crippen LogP contribution in [0.25, 0.3) is 5.69 Å². The van der Waals surface area contributed by atoms with E-state index in [1.54, 1.807) is 6.33 Å². The predicted octanol–water partition coefficient (Wildman–Crippen LogP) is 2.43. The van der Waals surface area contributed by atoms with E-state index in [9.17, 15) is 0 Å². The number of nitrogens with two attached hydrogens (primary N) is 1. The minimum atomic E-state index is 0.465. The van der Waals surface area contributed by atoms with Gasteiger partial charge in [0, 0.05) is 12.1 Å². The van der Waals surface area contributed by atoms with Gasteiger partial charge in [-0.2, -0.15) is 0 Å². The summed E-state index contributed by atoms with van der Waals surface area (Å²) in [6, 6.07) is 10.2. The Kier molecular flexibility index (Phi) is 4.68. The lowest BCUT2D eigenvalue weighted by atomic mass is 9.94. The first-order valence-corrected chi connectivity index (χ1v) is 6.85. The average molecular weight is 258 g/mol. The van der Waals surface area contributed by atoms with Crippen molar-refractivity contribution >= 4 is 0 Å². The van der Waals surface area contributed by atoms with Gasteiger partial charge in [0.1, 0.15) is 12.2 Å². The maximum absolute atomic E-state index is 5.87. The fraction of sp³-hybridized carbons (Fsp3) is 0.467. The van der Waals surface area contributed by atoms with Gasteiger partial charge in [0.05, 0.1) is 0 Å². The Labute approximate surface area is 114 Å². The Morgan fingerprint density at radius 2 is 1.95 bits per heavy atom. The average Bonchev–Trinajstić information content (AvgIpc) is 2.86. The number of nitrogens with zero attached hydrogens (tertiary/aromatic N) is 3. The normalized spacial score (nSPS) is 12.8. The molecule has 0 bridgehead atoms. The summed E-state index contributed by atoms with van der Waals surface area (Å²) in [4.78, 5) is 0. The Morgan fingerprint density at radius 3 is 2.58 bits per heavy atom. The lowest BCUT2D eigenvalue weighted by molar-refractivity contribution is 0.406. The van der Waals surface area contributed by atoms with Crippen molar-refractivity contribution in [2.75, 3.05) is 6.54 Å². The zero-order valence-corrected chi connectivity index (χ0v) is 11.7. The highest BCUT2D eigenvalue weighted by atomic mass is 15.3. The number of hydrogen-bond acceptors (Lipinski definition) is 3. The van der Waals surface area contributed by atoms with Crippen molar-refractivity contribution in [3.63, 3.8) is 0 Å². The van der Waals surface area contributed by atoms with Gasteiger partial charge in [-0.3, -0.25) is 4.57 Å². The largest absolute Gasteiger partial charge is 0.330 e. The van der Waals surface area contributed by atoms with E-state index in [1.807, 2.05) is 22.8 Å². The van der Waals surface area contributed by atoms with Crippen molar-refractivity contribution in [1.82, 2.24) is 14.8 Å². The molecule has 2 aromatic rings. The molecule has 0 spiro atoms. The molecule has 0 fully saturated rings. The van der Waals surface area contributed by atoms with Crippen LogP contribution in [0.15, 0.2) is 36.7 Å². The third-order valence-corrected chi connectivity index (χ3v) is 3.26. The molecule has 4 nitrogen and oxygen atoms in total. The van der Waals surface area contributed by atoms with Crippen molar-refractivity contribution in [1.29, 1.82) is 0 Å². The number of hydrogen-bond donors (Lipinski definition) is 1. The van der Waals surface area contributed by atoms with Crippen molar-refractivity contribution in [3.8, 4) is 5.69 Å². The van der Waals surface area contributed by atoms with E-state index in [4.69, 9.17) is 5.73 Å². The monoisotopic (exact) mass is 258 g/mol. The number of aromatic nitrogens is 3. The van der Waals surface area contributed by atoms with E-state index >= 15 is 0 Å². The molecular weight excluding hydrogens is 236 g/mol. The van der Waals surface area contributed by atoms with Gasteiger partial charge in [-0.25, -0.2) is 0 Å². The number of rotatable bonds is 6. The minimum Gasteiger partial charge on any atom is -0.330 e. The van der Waals surface area contributed by atoms with Crippen molar-refractivity contribution < 1.29 is 0 Å². The third kappa shape index (κ3) is 3.64. The van der Waals surface area contributed by atoms with E-state index < -0.39 is 0 Å². The van der Waals surface area contributed by atoms with Gasteiger partial charge in [0.25, 0.3) is 0 Å². The first-order chi connectivity index (χ1) is 9.20. The van der Waals surface area contributed by atoms with Crippen LogP contribution in [0, 0.1) is 11.8 Å². The second-order valence-corrected chi connectivity index (χ2v) is 5.39. The molecule has 2 N–H and O–H groups in total. The molecule has 1 aromatic heterocycles. The summed E-state index contributed by atoms with van der Waals surface area (Å²) in [5, 5.41) is 8.28. The lowest BCUT2D eigenvalue weighted by Gasteiger charge is -2.17. The zero-order chi connectivity index (χ0) is 13.7. The third-order valence-electron chi connectivity index (χ3n) is 3.26. The minimum absolute atomic E-state index is 0.465. The topological polar surface area (TPSA) is 56.7 Å². The highest BCUT2D eigenvalue weighted by Gasteiger charge is 2.14. The summed E-state index contributed by atoms with van der Waals surface area (Å²) >= 11 is 0. The molecule has 0 aliphatic heterocycles. The Balaban J connectivity index is 2.16. The SMILES string of the molecule is CC(C)CC(CN)Cc1nncn1-c1ccccc1. The summed E-state index contributed by atoms with van der Waals surface area (Å²) in [6.07, 6.45) is 3.77. The summed E-state index contributed by atoms with van der Waals surface area (Å²) in [7, 11) is 0. The molecule has 102 valence electrons. The molecule has 2 rings (SSSR count). The Bertz CT molecular complexity index is 490. The van der Waals surface area contributed by atoms with Crippen LogP contribution < -0.4 is 5.73 Å². The predicted molar refractivity (Wildman–Crippen MR) is 77.1 cm³/mol. The Morgan fingerprint density at radius 1 is 1.21 bits per heavy atom. The van der Waals surface area contributed by atoms with Crippen LogP contribution in [0.4, 0.5) is 0 Å². The number of benzene rings is 1. The molecule has 0 saturated carbocycles. The molecule has 1 heterocycles. The van der Waals surface area contributed by atoms with Crippen LogP contribution in [0.3, 0.4) is 0 Å². The second kappa shape index (κ2) is 6.48. The summed E-state index contributed by atoms with van der Waals surface area (Å²) in [5.41, 5.74) is 6.97. The van der Waals surface area contributed by atoms with Crippen LogP contribution >= 0.6 is 0 Å². The van der Waals surface area contributed by atoms with Crippen LogP contribution in [0.1, 0.15) is 26.1 Å². The van der Waals surface area contributed by atoms with Gasteiger partial charge in [0.2, 0.25) is 0 Å². The van der Waals surface area contributed by atoms with E-state index in [0.29, 0.717) is 18.4 Å². The van der Waals surface area contributed by atoms with Gasteiger partial charge in [-0.1, -0.05) is 32.0 Å². The van der Waals surface area contributed by atoms with Crippen molar-refractivity contribution in [2.45, 2.75) is 26.7 Å². The van der Waals surface area contributed by atoms with Gasteiger partial charge in [0.15, 0.2) is 0 Å².